The highest BCUT2D eigenvalue weighted by Crippen LogP contribution is 2.18. The molecule has 0 saturated carbocycles. The van der Waals surface area contributed by atoms with Crippen LogP contribution in [-0.2, 0) is 59.2 Å². The number of hydrogen-bond acceptors (Lipinski definition) is 13. The molecule has 0 fully saturated rings. The lowest BCUT2D eigenvalue weighted by Crippen LogP contribution is -2.40. The topological polar surface area (TPSA) is 217 Å². The van der Waals surface area contributed by atoms with Crippen molar-refractivity contribution in [2.24, 2.45) is 28.2 Å². The van der Waals surface area contributed by atoms with Gasteiger partial charge in [-0.2, -0.15) is 0 Å². The third-order valence-corrected chi connectivity index (χ3v) is 10.4. The molecule has 0 amide bonds. The maximum Gasteiger partial charge on any atom is 0.292 e. The van der Waals surface area contributed by atoms with E-state index in [4.69, 9.17) is 0 Å². The summed E-state index contributed by atoms with van der Waals surface area (Å²) >= 11 is 0. The van der Waals surface area contributed by atoms with Crippen molar-refractivity contribution in [1.29, 1.82) is 0 Å². The number of nitrogens with one attached hydrogen (secondary N) is 2. The summed E-state index contributed by atoms with van der Waals surface area (Å²) in [6.45, 7) is 5.58. The fraction of sp³-hybridized carbons (Fsp3) is 0.488. The summed E-state index contributed by atoms with van der Waals surface area (Å²) in [6.07, 6.45) is 9.15. The van der Waals surface area contributed by atoms with Crippen LogP contribution >= 0.6 is 0 Å². The minimum Gasteiger partial charge on any atom is -0.503 e. The summed E-state index contributed by atoms with van der Waals surface area (Å²) < 4.78 is 5.20. The van der Waals surface area contributed by atoms with Crippen LogP contribution in [0.5, 0.6) is 23.0 Å². The Labute approximate surface area is 337 Å². The molecule has 17 nitrogen and oxygen atoms in total. The second-order valence-corrected chi connectivity index (χ2v) is 14.8. The molecular weight excluding hydrogens is 748 g/mol. The van der Waals surface area contributed by atoms with Crippen molar-refractivity contribution in [1.82, 2.24) is 38.7 Å². The van der Waals surface area contributed by atoms with Gasteiger partial charge in [0.25, 0.3) is 22.2 Å². The van der Waals surface area contributed by atoms with Crippen LogP contribution in [0, 0.1) is 0 Å². The van der Waals surface area contributed by atoms with E-state index < -0.39 is 28.3 Å². The lowest BCUT2D eigenvalue weighted by atomic mass is 10.1. The standard InChI is InChI=1S/C41H58N8O9/c1-6-33(50)32(43-25-29-11-20-45(3)39(56)35(29)52)14-23-49(27-31-13-22-47(5)41(58)37(31)54)17-8-7-16-48(26-30-12-21-46(4)40(57)36(30)53)18-9-15-42-24-28-10-19-44(2)38(55)34(28)51/h10-13,19-22,32,42-43,51-54H,6-9,14-18,23-27H2,1-5H3. The molecule has 4 aromatic rings. The summed E-state index contributed by atoms with van der Waals surface area (Å²) in [5, 5.41) is 48.5. The van der Waals surface area contributed by atoms with Gasteiger partial charge in [0.15, 0.2) is 23.0 Å². The molecule has 4 rings (SSSR count). The summed E-state index contributed by atoms with van der Waals surface area (Å²) in [5.74, 6) is -1.34. The normalized spacial score (nSPS) is 12.1. The molecule has 316 valence electrons. The second kappa shape index (κ2) is 21.3. The highest BCUT2D eigenvalue weighted by molar-refractivity contribution is 5.83. The van der Waals surface area contributed by atoms with Gasteiger partial charge in [-0.15, -0.1) is 0 Å². The summed E-state index contributed by atoms with van der Waals surface area (Å²) in [6, 6.07) is 6.15. The zero-order valence-electron chi connectivity index (χ0n) is 34.1. The summed E-state index contributed by atoms with van der Waals surface area (Å²) in [7, 11) is 6.24. The number of rotatable bonds is 23. The summed E-state index contributed by atoms with van der Waals surface area (Å²) in [4.78, 5) is 66.7. The van der Waals surface area contributed by atoms with E-state index in [1.54, 1.807) is 84.2 Å². The molecule has 0 saturated heterocycles. The van der Waals surface area contributed by atoms with Gasteiger partial charge in [-0.3, -0.25) is 33.8 Å². The Morgan fingerprint density at radius 1 is 0.586 bits per heavy atom. The Morgan fingerprint density at radius 2 is 0.966 bits per heavy atom. The monoisotopic (exact) mass is 806 g/mol. The van der Waals surface area contributed by atoms with Gasteiger partial charge in [-0.05, 0) is 76.1 Å². The molecule has 1 unspecified atom stereocenters. The van der Waals surface area contributed by atoms with Crippen molar-refractivity contribution in [3.8, 4) is 23.0 Å². The van der Waals surface area contributed by atoms with E-state index in [0.717, 1.165) is 6.42 Å². The van der Waals surface area contributed by atoms with Crippen LogP contribution in [0.4, 0.5) is 0 Å². The van der Waals surface area contributed by atoms with Crippen molar-refractivity contribution in [2.45, 2.75) is 71.2 Å². The molecule has 6 N–H and O–H groups in total. The lowest BCUT2D eigenvalue weighted by Gasteiger charge is -2.27. The second-order valence-electron chi connectivity index (χ2n) is 14.8. The molecule has 4 aromatic heterocycles. The van der Waals surface area contributed by atoms with Gasteiger partial charge in [0, 0.05) is 114 Å². The highest BCUT2D eigenvalue weighted by atomic mass is 16.3. The van der Waals surface area contributed by atoms with E-state index in [1.807, 2.05) is 0 Å². The number of aryl methyl sites for hydroxylation is 4. The quantitative estimate of drug-likeness (QED) is 0.0580. The molecule has 0 aliphatic rings. The number of Topliss-reactive ketones (excluding diaryl/α,β-unsaturated/α-hetero) is 1. The Bertz CT molecular complexity index is 2260. The summed E-state index contributed by atoms with van der Waals surface area (Å²) in [5.41, 5.74) is -0.148. The Kier molecular flexibility index (Phi) is 16.6. The first-order chi connectivity index (χ1) is 27.6. The van der Waals surface area contributed by atoms with Crippen LogP contribution in [0.25, 0.3) is 0 Å². The van der Waals surface area contributed by atoms with Gasteiger partial charge in [0.05, 0.1) is 6.04 Å². The predicted molar refractivity (Wildman–Crippen MR) is 220 cm³/mol. The van der Waals surface area contributed by atoms with Crippen molar-refractivity contribution in [3.63, 3.8) is 0 Å². The smallest absolute Gasteiger partial charge is 0.292 e. The Hall–Kier alpha value is -5.49. The fourth-order valence-corrected chi connectivity index (χ4v) is 6.66. The molecule has 0 spiro atoms. The van der Waals surface area contributed by atoms with Crippen LogP contribution in [-0.4, -0.2) is 93.0 Å². The first-order valence-electron chi connectivity index (χ1n) is 19.5. The van der Waals surface area contributed by atoms with E-state index >= 15 is 0 Å². The predicted octanol–water partition coefficient (Wildman–Crippen LogP) is 1.10. The van der Waals surface area contributed by atoms with Gasteiger partial charge in [-0.25, -0.2) is 0 Å². The van der Waals surface area contributed by atoms with Gasteiger partial charge in [0.2, 0.25) is 0 Å². The molecule has 0 radical (unpaired) electrons. The number of ketones is 1. The molecule has 0 aliphatic heterocycles. The molecule has 58 heavy (non-hydrogen) atoms. The van der Waals surface area contributed by atoms with Gasteiger partial charge in [-0.1, -0.05) is 6.92 Å². The maximum absolute atomic E-state index is 13.1. The minimum absolute atomic E-state index is 0.0337. The lowest BCUT2D eigenvalue weighted by molar-refractivity contribution is -0.121. The minimum atomic E-state index is -0.584. The maximum atomic E-state index is 13.1. The molecule has 1 atom stereocenters. The average molecular weight is 807 g/mol. The number of aromatic hydroxyl groups is 4. The first kappa shape index (κ1) is 45.2. The third kappa shape index (κ3) is 12.0. The molecule has 0 aromatic carbocycles. The average Bonchev–Trinajstić information content (AvgIpc) is 3.21. The molecule has 17 heteroatoms. The number of unbranched alkanes of at least 4 members (excludes halogenated alkanes) is 1. The molecule has 4 heterocycles. The van der Waals surface area contributed by atoms with Crippen molar-refractivity contribution in [2.75, 3.05) is 32.7 Å². The van der Waals surface area contributed by atoms with E-state index in [-0.39, 0.29) is 48.3 Å². The van der Waals surface area contributed by atoms with Crippen molar-refractivity contribution < 1.29 is 25.2 Å². The third-order valence-electron chi connectivity index (χ3n) is 10.4. The number of aromatic nitrogens is 4. The zero-order chi connectivity index (χ0) is 42.5. The highest BCUT2D eigenvalue weighted by Gasteiger charge is 2.21. The van der Waals surface area contributed by atoms with Gasteiger partial charge < -0.3 is 49.3 Å². The SMILES string of the molecule is CCC(=O)C(CCN(CCCCN(CCCNCc1ccn(C)c(=O)c1O)Cc1ccn(C)c(=O)c1O)Cc1ccn(C)c(=O)c1O)NCc1ccn(C)c(=O)c1O. The zero-order valence-corrected chi connectivity index (χ0v) is 34.1. The number of carbonyl (C=O) groups excluding carboxylic acids is 1. The fourth-order valence-electron chi connectivity index (χ4n) is 6.66. The number of hydrogen-bond donors (Lipinski definition) is 6. The van der Waals surface area contributed by atoms with Crippen molar-refractivity contribution >= 4 is 5.78 Å². The largest absolute Gasteiger partial charge is 0.503 e. The van der Waals surface area contributed by atoms with Crippen LogP contribution in [0.3, 0.4) is 0 Å². The van der Waals surface area contributed by atoms with Crippen LogP contribution in [0.2, 0.25) is 0 Å². The van der Waals surface area contributed by atoms with Crippen LogP contribution in [0.1, 0.15) is 61.3 Å². The van der Waals surface area contributed by atoms with E-state index in [2.05, 4.69) is 20.4 Å². The molecule has 0 aliphatic carbocycles. The van der Waals surface area contributed by atoms with Crippen LogP contribution in [0.15, 0.2) is 68.2 Å². The van der Waals surface area contributed by atoms with Gasteiger partial charge >= 0.3 is 0 Å². The van der Waals surface area contributed by atoms with Gasteiger partial charge in [0.1, 0.15) is 5.78 Å². The Balaban J connectivity index is 1.43. The van der Waals surface area contributed by atoms with E-state index in [1.165, 1.54) is 18.3 Å². The Morgan fingerprint density at radius 3 is 1.41 bits per heavy atom. The molecular formula is C41H58N8O9. The van der Waals surface area contributed by atoms with E-state index in [9.17, 15) is 44.4 Å². The number of pyridine rings is 4. The van der Waals surface area contributed by atoms with Crippen LogP contribution < -0.4 is 32.9 Å². The number of carbonyl (C=O) groups is 1. The number of nitrogens with zero attached hydrogens (tertiary/aromatic N) is 6. The van der Waals surface area contributed by atoms with Crippen molar-refractivity contribution in [3.05, 3.63) is 113 Å². The molecule has 0 bridgehead atoms. The van der Waals surface area contributed by atoms with E-state index in [0.29, 0.717) is 87.3 Å². The first-order valence-corrected chi connectivity index (χ1v) is 19.5.